The van der Waals surface area contributed by atoms with E-state index >= 15 is 0 Å². The standard InChI is InChI=1S/C17H18BrN7O2S/c1-25(28(2,26)27)15-13(6-5-12-14(15)20-8-7-19-12)23-16-11(18)9-21-17(24-16)22-10-3-4-10/h5-10H,3-4H2,1-2H3,(H2,21,22,23,24). The Morgan fingerprint density at radius 2 is 1.93 bits per heavy atom. The SMILES string of the molecule is CN(c1c(Nc2nc(NC3CC3)ncc2Br)ccc2nccnc12)S(C)(=O)=O. The minimum atomic E-state index is -3.52. The van der Waals surface area contributed by atoms with Crippen LogP contribution in [-0.4, -0.2) is 47.7 Å². The summed E-state index contributed by atoms with van der Waals surface area (Å²) in [4.78, 5) is 17.4. The number of rotatable bonds is 6. The second-order valence-corrected chi connectivity index (χ2v) is 9.42. The number of benzene rings is 1. The molecule has 2 aromatic heterocycles. The van der Waals surface area contributed by atoms with Gasteiger partial charge in [-0.25, -0.2) is 13.4 Å². The molecule has 0 atom stereocenters. The van der Waals surface area contributed by atoms with Crippen molar-refractivity contribution < 1.29 is 8.42 Å². The molecule has 0 unspecified atom stereocenters. The first kappa shape index (κ1) is 18.8. The quantitative estimate of drug-likeness (QED) is 0.573. The predicted octanol–water partition coefficient (Wildman–Crippen LogP) is 2.90. The third-order valence-corrected chi connectivity index (χ3v) is 6.09. The Hall–Kier alpha value is -2.53. The summed E-state index contributed by atoms with van der Waals surface area (Å²) in [5, 5.41) is 6.46. The Kier molecular flexibility index (Phi) is 4.79. The molecule has 0 aliphatic heterocycles. The molecule has 11 heteroatoms. The molecule has 0 amide bonds. The number of nitrogens with one attached hydrogen (secondary N) is 2. The largest absolute Gasteiger partial charge is 0.351 e. The molecular weight excluding hydrogens is 446 g/mol. The third kappa shape index (κ3) is 3.85. The minimum absolute atomic E-state index is 0.398. The highest BCUT2D eigenvalue weighted by atomic mass is 79.9. The summed E-state index contributed by atoms with van der Waals surface area (Å²) in [7, 11) is -2.03. The number of aromatic nitrogens is 4. The zero-order valence-electron chi connectivity index (χ0n) is 15.2. The summed E-state index contributed by atoms with van der Waals surface area (Å²) in [6.45, 7) is 0. The molecule has 1 fully saturated rings. The van der Waals surface area contributed by atoms with Gasteiger partial charge in [-0.3, -0.25) is 14.3 Å². The Labute approximate surface area is 170 Å². The molecule has 3 aromatic rings. The van der Waals surface area contributed by atoms with Gasteiger partial charge in [0.15, 0.2) is 0 Å². The first-order valence-corrected chi connectivity index (χ1v) is 11.2. The lowest BCUT2D eigenvalue weighted by molar-refractivity contribution is 0.600. The van der Waals surface area contributed by atoms with E-state index in [4.69, 9.17) is 0 Å². The summed E-state index contributed by atoms with van der Waals surface area (Å²) in [6.07, 6.45) is 8.11. The Balaban J connectivity index is 1.80. The van der Waals surface area contributed by atoms with Gasteiger partial charge in [-0.05, 0) is 40.9 Å². The molecule has 0 spiro atoms. The Morgan fingerprint density at radius 1 is 1.18 bits per heavy atom. The molecule has 0 radical (unpaired) electrons. The molecule has 1 aromatic carbocycles. The molecule has 1 aliphatic carbocycles. The maximum absolute atomic E-state index is 12.2. The van der Waals surface area contributed by atoms with Crippen LogP contribution in [0.3, 0.4) is 0 Å². The van der Waals surface area contributed by atoms with Gasteiger partial charge >= 0.3 is 0 Å². The summed E-state index contributed by atoms with van der Waals surface area (Å²) < 4.78 is 26.3. The van der Waals surface area contributed by atoms with Crippen molar-refractivity contribution >= 4 is 60.1 Å². The molecule has 28 heavy (non-hydrogen) atoms. The molecule has 0 saturated heterocycles. The van der Waals surface area contributed by atoms with E-state index in [0.717, 1.165) is 19.1 Å². The van der Waals surface area contributed by atoms with Gasteiger partial charge in [-0.15, -0.1) is 0 Å². The number of fused-ring (bicyclic) bond motifs is 1. The fourth-order valence-electron chi connectivity index (χ4n) is 2.67. The summed E-state index contributed by atoms with van der Waals surface area (Å²) in [5.41, 5.74) is 2.01. The van der Waals surface area contributed by atoms with Crippen LogP contribution in [-0.2, 0) is 10.0 Å². The van der Waals surface area contributed by atoms with Crippen LogP contribution >= 0.6 is 15.9 Å². The van der Waals surface area contributed by atoms with Crippen molar-refractivity contribution in [3.63, 3.8) is 0 Å². The van der Waals surface area contributed by atoms with Crippen LogP contribution in [0.4, 0.5) is 23.1 Å². The summed E-state index contributed by atoms with van der Waals surface area (Å²) in [5.74, 6) is 1.04. The van der Waals surface area contributed by atoms with E-state index in [9.17, 15) is 8.42 Å². The van der Waals surface area contributed by atoms with Gasteiger partial charge in [0.2, 0.25) is 16.0 Å². The van der Waals surface area contributed by atoms with Crippen LogP contribution in [0.5, 0.6) is 0 Å². The van der Waals surface area contributed by atoms with Crippen LogP contribution < -0.4 is 14.9 Å². The van der Waals surface area contributed by atoms with Gasteiger partial charge in [0, 0.05) is 31.7 Å². The van der Waals surface area contributed by atoms with Crippen molar-refractivity contribution in [1.82, 2.24) is 19.9 Å². The van der Waals surface area contributed by atoms with Crippen molar-refractivity contribution in [3.8, 4) is 0 Å². The van der Waals surface area contributed by atoms with Crippen LogP contribution in [0.2, 0.25) is 0 Å². The second-order valence-electron chi connectivity index (χ2n) is 6.55. The van der Waals surface area contributed by atoms with E-state index in [1.54, 1.807) is 24.5 Å². The van der Waals surface area contributed by atoms with E-state index < -0.39 is 10.0 Å². The smallest absolute Gasteiger partial charge is 0.232 e. The average molecular weight is 464 g/mol. The zero-order chi connectivity index (χ0) is 19.9. The highest BCUT2D eigenvalue weighted by Crippen LogP contribution is 2.36. The van der Waals surface area contributed by atoms with Crippen LogP contribution in [0.25, 0.3) is 11.0 Å². The lowest BCUT2D eigenvalue weighted by Gasteiger charge is -2.22. The molecule has 1 aliphatic rings. The van der Waals surface area contributed by atoms with Gasteiger partial charge in [0.1, 0.15) is 17.0 Å². The predicted molar refractivity (Wildman–Crippen MR) is 112 cm³/mol. The Morgan fingerprint density at radius 3 is 2.64 bits per heavy atom. The normalized spacial score (nSPS) is 14.1. The fourth-order valence-corrected chi connectivity index (χ4v) is 3.48. The van der Waals surface area contributed by atoms with Crippen molar-refractivity contribution in [3.05, 3.63) is 35.2 Å². The molecule has 0 bridgehead atoms. The zero-order valence-corrected chi connectivity index (χ0v) is 17.6. The molecule has 146 valence electrons. The maximum atomic E-state index is 12.2. The topological polar surface area (TPSA) is 113 Å². The van der Waals surface area contributed by atoms with Gasteiger partial charge in [-0.1, -0.05) is 0 Å². The minimum Gasteiger partial charge on any atom is -0.351 e. The van der Waals surface area contributed by atoms with E-state index in [2.05, 4.69) is 46.5 Å². The van der Waals surface area contributed by atoms with E-state index in [1.165, 1.54) is 17.5 Å². The van der Waals surface area contributed by atoms with Crippen molar-refractivity contribution in [2.45, 2.75) is 18.9 Å². The number of anilines is 4. The highest BCUT2D eigenvalue weighted by molar-refractivity contribution is 9.10. The van der Waals surface area contributed by atoms with Crippen molar-refractivity contribution in [2.24, 2.45) is 0 Å². The molecule has 2 heterocycles. The number of hydrogen-bond donors (Lipinski definition) is 2. The maximum Gasteiger partial charge on any atom is 0.232 e. The second kappa shape index (κ2) is 7.13. The Bertz CT molecular complexity index is 1150. The number of nitrogens with zero attached hydrogens (tertiary/aromatic N) is 5. The summed E-state index contributed by atoms with van der Waals surface area (Å²) in [6, 6.07) is 3.95. The third-order valence-electron chi connectivity index (χ3n) is 4.33. The van der Waals surface area contributed by atoms with Crippen LogP contribution in [0, 0.1) is 0 Å². The van der Waals surface area contributed by atoms with Crippen LogP contribution in [0.1, 0.15) is 12.8 Å². The monoisotopic (exact) mass is 463 g/mol. The van der Waals surface area contributed by atoms with Crippen molar-refractivity contribution in [2.75, 3.05) is 28.2 Å². The lowest BCUT2D eigenvalue weighted by atomic mass is 10.2. The molecule has 4 rings (SSSR count). The fraction of sp³-hybridized carbons (Fsp3) is 0.294. The van der Waals surface area contributed by atoms with E-state index in [1.807, 2.05) is 0 Å². The molecule has 9 nitrogen and oxygen atoms in total. The highest BCUT2D eigenvalue weighted by Gasteiger charge is 2.23. The van der Waals surface area contributed by atoms with Gasteiger partial charge in [0.25, 0.3) is 0 Å². The van der Waals surface area contributed by atoms with Gasteiger partial charge < -0.3 is 10.6 Å². The van der Waals surface area contributed by atoms with E-state index in [0.29, 0.717) is 44.7 Å². The average Bonchev–Trinajstić information content (AvgIpc) is 3.47. The van der Waals surface area contributed by atoms with Crippen molar-refractivity contribution in [1.29, 1.82) is 0 Å². The number of hydrogen-bond acceptors (Lipinski definition) is 8. The first-order valence-electron chi connectivity index (χ1n) is 8.56. The van der Waals surface area contributed by atoms with Gasteiger partial charge in [-0.2, -0.15) is 4.98 Å². The number of sulfonamides is 1. The molecule has 1 saturated carbocycles. The van der Waals surface area contributed by atoms with E-state index in [-0.39, 0.29) is 0 Å². The molecular formula is C17H18BrN7O2S. The summed E-state index contributed by atoms with van der Waals surface area (Å²) >= 11 is 3.45. The number of halogens is 1. The first-order chi connectivity index (χ1) is 13.3. The van der Waals surface area contributed by atoms with Crippen LogP contribution in [0.15, 0.2) is 35.2 Å². The molecule has 2 N–H and O–H groups in total. The lowest BCUT2D eigenvalue weighted by Crippen LogP contribution is -2.26. The van der Waals surface area contributed by atoms with Gasteiger partial charge in [0.05, 0.1) is 21.9 Å².